The average Bonchev–Trinajstić information content (AvgIpc) is 2.81. The van der Waals surface area contributed by atoms with Crippen molar-refractivity contribution in [3.8, 4) is 5.75 Å². The SMILES string of the molecule is CCC1(CCC(=O)CCCc2cccc(O)c2)C(=O)CCC1=O. The molecule has 0 spiro atoms. The molecule has 0 aromatic heterocycles. The van der Waals surface area contributed by atoms with Gasteiger partial charge in [0, 0.05) is 25.7 Å². The Morgan fingerprint density at radius 2 is 1.87 bits per heavy atom. The van der Waals surface area contributed by atoms with Gasteiger partial charge in [0.25, 0.3) is 0 Å². The van der Waals surface area contributed by atoms with Crippen molar-refractivity contribution in [3.05, 3.63) is 29.8 Å². The summed E-state index contributed by atoms with van der Waals surface area (Å²) in [6.07, 6.45) is 3.72. The molecular weight excluding hydrogens is 292 g/mol. The van der Waals surface area contributed by atoms with Crippen LogP contribution in [0.25, 0.3) is 0 Å². The van der Waals surface area contributed by atoms with Crippen molar-refractivity contribution in [1.29, 1.82) is 0 Å². The second-order valence-corrected chi connectivity index (χ2v) is 6.34. The van der Waals surface area contributed by atoms with E-state index in [2.05, 4.69) is 0 Å². The fourth-order valence-corrected chi connectivity index (χ4v) is 3.39. The van der Waals surface area contributed by atoms with Crippen LogP contribution in [0.2, 0.25) is 0 Å². The van der Waals surface area contributed by atoms with Gasteiger partial charge in [-0.2, -0.15) is 0 Å². The second-order valence-electron chi connectivity index (χ2n) is 6.34. The fourth-order valence-electron chi connectivity index (χ4n) is 3.39. The number of aromatic hydroxyl groups is 1. The monoisotopic (exact) mass is 316 g/mol. The molecule has 0 atom stereocenters. The van der Waals surface area contributed by atoms with Crippen LogP contribution in [0.4, 0.5) is 0 Å². The number of hydrogen-bond donors (Lipinski definition) is 1. The predicted octanol–water partition coefficient (Wildman–Crippen LogP) is 3.39. The van der Waals surface area contributed by atoms with Crippen LogP contribution >= 0.6 is 0 Å². The van der Waals surface area contributed by atoms with E-state index in [1.807, 2.05) is 13.0 Å². The normalized spacial score (nSPS) is 16.7. The summed E-state index contributed by atoms with van der Waals surface area (Å²) in [4.78, 5) is 36.1. The van der Waals surface area contributed by atoms with Gasteiger partial charge >= 0.3 is 0 Å². The zero-order valence-electron chi connectivity index (χ0n) is 13.6. The number of ketones is 3. The Morgan fingerprint density at radius 1 is 1.17 bits per heavy atom. The summed E-state index contributed by atoms with van der Waals surface area (Å²) >= 11 is 0. The van der Waals surface area contributed by atoms with E-state index >= 15 is 0 Å². The van der Waals surface area contributed by atoms with Crippen molar-refractivity contribution in [1.82, 2.24) is 0 Å². The third-order valence-corrected chi connectivity index (χ3v) is 4.91. The lowest BCUT2D eigenvalue weighted by Gasteiger charge is -2.23. The number of carbonyl (C=O) groups is 3. The maximum absolute atomic E-state index is 12.1. The Labute approximate surface area is 136 Å². The molecule has 0 radical (unpaired) electrons. The van der Waals surface area contributed by atoms with Crippen molar-refractivity contribution in [2.24, 2.45) is 5.41 Å². The number of benzene rings is 1. The highest BCUT2D eigenvalue weighted by Gasteiger charge is 2.47. The van der Waals surface area contributed by atoms with Crippen LogP contribution in [0.1, 0.15) is 57.4 Å². The van der Waals surface area contributed by atoms with E-state index in [0.29, 0.717) is 44.9 Å². The third kappa shape index (κ3) is 4.06. The van der Waals surface area contributed by atoms with Crippen LogP contribution in [0.3, 0.4) is 0 Å². The van der Waals surface area contributed by atoms with E-state index in [-0.39, 0.29) is 23.1 Å². The van der Waals surface area contributed by atoms with Gasteiger partial charge in [-0.15, -0.1) is 0 Å². The van der Waals surface area contributed by atoms with Crippen LogP contribution in [0.15, 0.2) is 24.3 Å². The number of rotatable bonds is 8. The molecule has 0 amide bonds. The third-order valence-electron chi connectivity index (χ3n) is 4.91. The molecular formula is C19H24O4. The first-order chi connectivity index (χ1) is 11.0. The molecule has 1 saturated carbocycles. The fraction of sp³-hybridized carbons (Fsp3) is 0.526. The molecule has 0 unspecified atom stereocenters. The molecule has 0 bridgehead atoms. The Hall–Kier alpha value is -1.97. The van der Waals surface area contributed by atoms with E-state index in [9.17, 15) is 19.5 Å². The zero-order valence-corrected chi connectivity index (χ0v) is 13.6. The smallest absolute Gasteiger partial charge is 0.146 e. The van der Waals surface area contributed by atoms with Gasteiger partial charge in [-0.3, -0.25) is 14.4 Å². The lowest BCUT2D eigenvalue weighted by Crippen LogP contribution is -2.32. The summed E-state index contributed by atoms with van der Waals surface area (Å²) in [5.41, 5.74) is 0.116. The van der Waals surface area contributed by atoms with Gasteiger partial charge in [-0.1, -0.05) is 19.1 Å². The molecule has 23 heavy (non-hydrogen) atoms. The molecule has 1 fully saturated rings. The van der Waals surface area contributed by atoms with Crippen LogP contribution in [-0.2, 0) is 20.8 Å². The van der Waals surface area contributed by atoms with E-state index in [1.54, 1.807) is 18.2 Å². The first-order valence-corrected chi connectivity index (χ1v) is 8.34. The summed E-state index contributed by atoms with van der Waals surface area (Å²) in [5, 5.41) is 9.40. The van der Waals surface area contributed by atoms with Gasteiger partial charge in [0.05, 0.1) is 5.41 Å². The average molecular weight is 316 g/mol. The highest BCUT2D eigenvalue weighted by molar-refractivity contribution is 6.13. The maximum Gasteiger partial charge on any atom is 0.146 e. The number of phenolic OH excluding ortho intramolecular Hbond substituents is 1. The maximum atomic E-state index is 12.1. The largest absolute Gasteiger partial charge is 0.508 e. The molecule has 0 heterocycles. The summed E-state index contributed by atoms with van der Waals surface area (Å²) in [7, 11) is 0. The van der Waals surface area contributed by atoms with Crippen molar-refractivity contribution >= 4 is 17.3 Å². The number of carbonyl (C=O) groups excluding carboxylic acids is 3. The Kier molecular flexibility index (Phi) is 5.69. The lowest BCUT2D eigenvalue weighted by molar-refractivity contribution is -0.136. The predicted molar refractivity (Wildman–Crippen MR) is 87.3 cm³/mol. The van der Waals surface area contributed by atoms with Crippen LogP contribution in [0.5, 0.6) is 5.75 Å². The summed E-state index contributed by atoms with van der Waals surface area (Å²) in [5.74, 6) is 0.359. The van der Waals surface area contributed by atoms with Crippen LogP contribution in [0, 0.1) is 5.41 Å². The summed E-state index contributed by atoms with van der Waals surface area (Å²) in [6, 6.07) is 7.03. The zero-order chi connectivity index (χ0) is 16.9. The molecule has 4 nitrogen and oxygen atoms in total. The van der Waals surface area contributed by atoms with Gasteiger partial charge in [0.1, 0.15) is 23.1 Å². The van der Waals surface area contributed by atoms with Gasteiger partial charge < -0.3 is 5.11 Å². The molecule has 1 aromatic carbocycles. The van der Waals surface area contributed by atoms with E-state index in [4.69, 9.17) is 0 Å². The van der Waals surface area contributed by atoms with Crippen molar-refractivity contribution in [2.45, 2.75) is 58.3 Å². The number of Topliss-reactive ketones (excluding diaryl/α,β-unsaturated/α-hetero) is 3. The number of aryl methyl sites for hydroxylation is 1. The molecule has 124 valence electrons. The van der Waals surface area contributed by atoms with Gasteiger partial charge in [0.15, 0.2) is 0 Å². The summed E-state index contributed by atoms with van der Waals surface area (Å²) in [6.45, 7) is 1.85. The highest BCUT2D eigenvalue weighted by atomic mass is 16.3. The highest BCUT2D eigenvalue weighted by Crippen LogP contribution is 2.39. The first-order valence-electron chi connectivity index (χ1n) is 8.34. The molecule has 1 aliphatic carbocycles. The Morgan fingerprint density at radius 3 is 2.48 bits per heavy atom. The van der Waals surface area contributed by atoms with E-state index in [0.717, 1.165) is 12.0 Å². The first kappa shape index (κ1) is 17.4. The van der Waals surface area contributed by atoms with E-state index in [1.165, 1.54) is 0 Å². The van der Waals surface area contributed by atoms with Crippen molar-refractivity contribution in [3.63, 3.8) is 0 Å². The number of phenols is 1. The lowest BCUT2D eigenvalue weighted by atomic mass is 9.77. The molecule has 1 aliphatic rings. The minimum atomic E-state index is -0.888. The summed E-state index contributed by atoms with van der Waals surface area (Å²) < 4.78 is 0. The van der Waals surface area contributed by atoms with Gasteiger partial charge in [0.2, 0.25) is 0 Å². The second kappa shape index (κ2) is 7.53. The quantitative estimate of drug-likeness (QED) is 0.746. The molecule has 0 aliphatic heterocycles. The van der Waals surface area contributed by atoms with Gasteiger partial charge in [-0.05, 0) is 43.4 Å². The molecule has 0 saturated heterocycles. The Balaban J connectivity index is 1.79. The van der Waals surface area contributed by atoms with Gasteiger partial charge in [-0.25, -0.2) is 0 Å². The minimum absolute atomic E-state index is 0.0116. The van der Waals surface area contributed by atoms with Crippen molar-refractivity contribution in [2.75, 3.05) is 0 Å². The minimum Gasteiger partial charge on any atom is -0.508 e. The standard InChI is InChI=1S/C19H24O4/c1-2-19(17(22)9-10-18(19)23)12-11-15(20)7-3-5-14-6-4-8-16(21)13-14/h4,6,8,13,21H,2-3,5,7,9-12H2,1H3. The molecule has 4 heteroatoms. The van der Waals surface area contributed by atoms with Crippen LogP contribution < -0.4 is 0 Å². The molecule has 2 rings (SSSR count). The van der Waals surface area contributed by atoms with Crippen molar-refractivity contribution < 1.29 is 19.5 Å². The topological polar surface area (TPSA) is 71.4 Å². The van der Waals surface area contributed by atoms with Crippen LogP contribution in [-0.4, -0.2) is 22.5 Å². The number of hydrogen-bond acceptors (Lipinski definition) is 4. The van der Waals surface area contributed by atoms with E-state index < -0.39 is 5.41 Å². The molecule has 1 aromatic rings. The Bertz CT molecular complexity index is 587. The molecule has 1 N–H and O–H groups in total.